The number of aromatic nitrogens is 1. The van der Waals surface area contributed by atoms with Crippen LogP contribution in [0, 0.1) is 5.82 Å². The van der Waals surface area contributed by atoms with Gasteiger partial charge in [-0.05, 0) is 18.4 Å². The van der Waals surface area contributed by atoms with Gasteiger partial charge >= 0.3 is 0 Å². The average Bonchev–Trinajstić information content (AvgIpc) is 2.76. The van der Waals surface area contributed by atoms with E-state index < -0.39 is 28.8 Å². The molecule has 2 aromatic rings. The second kappa shape index (κ2) is 9.20. The van der Waals surface area contributed by atoms with Crippen LogP contribution in [0.25, 0.3) is 0 Å². The van der Waals surface area contributed by atoms with Crippen LogP contribution in [0.15, 0.2) is 29.2 Å². The lowest BCUT2D eigenvalue weighted by molar-refractivity contribution is 0.0731. The fraction of sp³-hybridized carbons (Fsp3) is 0.409. The summed E-state index contributed by atoms with van der Waals surface area (Å²) in [5, 5.41) is 14.8. The number of halogens is 1. The minimum atomic E-state index is -0.939. The first-order valence-electron chi connectivity index (χ1n) is 10.3. The third-order valence-electron chi connectivity index (χ3n) is 5.39. The van der Waals surface area contributed by atoms with Gasteiger partial charge in [0.1, 0.15) is 18.0 Å². The van der Waals surface area contributed by atoms with Gasteiger partial charge in [0, 0.05) is 31.9 Å². The maximum Gasteiger partial charge on any atom is 0.277 e. The molecule has 31 heavy (non-hydrogen) atoms. The van der Waals surface area contributed by atoms with Crippen molar-refractivity contribution >= 4 is 11.8 Å². The molecule has 0 radical (unpaired) electrons. The molecule has 0 spiro atoms. The first kappa shape index (κ1) is 22.3. The number of fused-ring (bicyclic) bond motifs is 1. The standard InChI is InChI=1S/C22H27FN4O4/c1-4-6-10-26-13-25(3)22(31)18-20(29)19(28)16(12-27(18)26)21(30)24-11-15-9-7-8-14(5-2)17(15)23/h7-9,12,29H,4-6,10-11,13H2,1-3H3,(H,24,30). The van der Waals surface area contributed by atoms with Gasteiger partial charge in [-0.15, -0.1) is 0 Å². The number of hydrogen-bond acceptors (Lipinski definition) is 5. The zero-order chi connectivity index (χ0) is 22.7. The van der Waals surface area contributed by atoms with Crippen molar-refractivity contribution in [2.75, 3.05) is 25.3 Å². The molecule has 0 saturated heterocycles. The Bertz CT molecular complexity index is 1070. The summed E-state index contributed by atoms with van der Waals surface area (Å²) >= 11 is 0. The number of unbranched alkanes of at least 4 members (excludes halogenated alkanes) is 1. The molecule has 2 N–H and O–H groups in total. The maximum absolute atomic E-state index is 14.4. The number of nitrogens with zero attached hydrogens (tertiary/aromatic N) is 3. The number of hydrogen-bond donors (Lipinski definition) is 2. The summed E-state index contributed by atoms with van der Waals surface area (Å²) in [6, 6.07) is 4.94. The van der Waals surface area contributed by atoms with E-state index in [1.54, 1.807) is 30.3 Å². The molecule has 9 heteroatoms. The lowest BCUT2D eigenvalue weighted by atomic mass is 10.1. The van der Waals surface area contributed by atoms with Gasteiger partial charge in [-0.3, -0.25) is 24.1 Å². The highest BCUT2D eigenvalue weighted by Gasteiger charge is 2.32. The third-order valence-corrected chi connectivity index (χ3v) is 5.39. The zero-order valence-electron chi connectivity index (χ0n) is 17.9. The van der Waals surface area contributed by atoms with Crippen LogP contribution in [0.3, 0.4) is 0 Å². The second-order valence-electron chi connectivity index (χ2n) is 7.57. The van der Waals surface area contributed by atoms with Gasteiger partial charge in [-0.2, -0.15) is 0 Å². The Labute approximate surface area is 179 Å². The molecule has 0 fully saturated rings. The molecule has 1 aromatic heterocycles. The number of carbonyl (C=O) groups is 2. The van der Waals surface area contributed by atoms with E-state index in [1.807, 2.05) is 13.8 Å². The molecule has 166 valence electrons. The Balaban J connectivity index is 1.93. The first-order valence-corrected chi connectivity index (χ1v) is 10.3. The Morgan fingerprint density at radius 2 is 1.94 bits per heavy atom. The highest BCUT2D eigenvalue weighted by atomic mass is 19.1. The van der Waals surface area contributed by atoms with Gasteiger partial charge in [0.25, 0.3) is 11.8 Å². The van der Waals surface area contributed by atoms with Gasteiger partial charge in [0.2, 0.25) is 5.43 Å². The van der Waals surface area contributed by atoms with Crippen molar-refractivity contribution in [1.82, 2.24) is 14.9 Å². The smallest absolute Gasteiger partial charge is 0.277 e. The fourth-order valence-corrected chi connectivity index (χ4v) is 3.56. The van der Waals surface area contributed by atoms with Crippen LogP contribution >= 0.6 is 0 Å². The third kappa shape index (κ3) is 4.26. The molecule has 2 heterocycles. The number of pyridine rings is 1. The largest absolute Gasteiger partial charge is 0.502 e. The van der Waals surface area contributed by atoms with Gasteiger partial charge in [0.05, 0.1) is 0 Å². The lowest BCUT2D eigenvalue weighted by Crippen LogP contribution is -2.53. The first-order chi connectivity index (χ1) is 14.8. The summed E-state index contributed by atoms with van der Waals surface area (Å²) in [7, 11) is 1.58. The topological polar surface area (TPSA) is 94.9 Å². The van der Waals surface area contributed by atoms with Crippen molar-refractivity contribution in [1.29, 1.82) is 0 Å². The van der Waals surface area contributed by atoms with E-state index >= 15 is 0 Å². The van der Waals surface area contributed by atoms with Crippen LogP contribution in [-0.4, -0.2) is 46.8 Å². The van der Waals surface area contributed by atoms with Crippen molar-refractivity contribution in [2.45, 2.75) is 39.7 Å². The van der Waals surface area contributed by atoms with Crippen LogP contribution < -0.4 is 15.8 Å². The van der Waals surface area contributed by atoms with Crippen molar-refractivity contribution < 1.29 is 19.1 Å². The summed E-state index contributed by atoms with van der Waals surface area (Å²) in [5.41, 5.74) is -0.588. The van der Waals surface area contributed by atoms with Crippen LogP contribution in [0.1, 0.15) is 58.7 Å². The van der Waals surface area contributed by atoms with Crippen LogP contribution in [-0.2, 0) is 13.0 Å². The number of carbonyl (C=O) groups excluding carboxylic acids is 2. The van der Waals surface area contributed by atoms with E-state index in [4.69, 9.17) is 0 Å². The minimum Gasteiger partial charge on any atom is -0.502 e. The second-order valence-corrected chi connectivity index (χ2v) is 7.57. The number of nitrogens with one attached hydrogen (secondary N) is 1. The average molecular weight is 430 g/mol. The quantitative estimate of drug-likeness (QED) is 0.700. The summed E-state index contributed by atoms with van der Waals surface area (Å²) in [5.74, 6) is -2.42. The highest BCUT2D eigenvalue weighted by Crippen LogP contribution is 2.21. The molecule has 0 atom stereocenters. The molecule has 8 nitrogen and oxygen atoms in total. The van der Waals surface area contributed by atoms with Crippen LogP contribution in [0.5, 0.6) is 5.75 Å². The lowest BCUT2D eigenvalue weighted by Gasteiger charge is -2.38. The van der Waals surface area contributed by atoms with Crippen molar-refractivity contribution in [3.05, 3.63) is 62.8 Å². The van der Waals surface area contributed by atoms with Crippen LogP contribution in [0.4, 0.5) is 4.39 Å². The maximum atomic E-state index is 14.4. The molecule has 3 rings (SSSR count). The SMILES string of the molecule is CCCCN1CN(C)C(=O)c2c(O)c(=O)c(C(=O)NCc3cccc(CC)c3F)cn21. The number of amides is 2. The molecule has 0 saturated carbocycles. The van der Waals surface area contributed by atoms with Gasteiger partial charge < -0.3 is 15.3 Å². The van der Waals surface area contributed by atoms with Crippen molar-refractivity contribution in [3.63, 3.8) is 0 Å². The number of aromatic hydroxyl groups is 1. The zero-order valence-corrected chi connectivity index (χ0v) is 17.9. The van der Waals surface area contributed by atoms with E-state index in [2.05, 4.69) is 5.32 Å². The van der Waals surface area contributed by atoms with Crippen LogP contribution in [0.2, 0.25) is 0 Å². The van der Waals surface area contributed by atoms with E-state index in [9.17, 15) is 23.9 Å². The molecule has 1 aliphatic heterocycles. The van der Waals surface area contributed by atoms with E-state index in [-0.39, 0.29) is 24.5 Å². The van der Waals surface area contributed by atoms with Gasteiger partial charge in [-0.25, -0.2) is 4.39 Å². The Morgan fingerprint density at radius 3 is 2.61 bits per heavy atom. The predicted molar refractivity (Wildman–Crippen MR) is 114 cm³/mol. The molecule has 2 amide bonds. The van der Waals surface area contributed by atoms with Gasteiger partial charge in [-0.1, -0.05) is 38.5 Å². The summed E-state index contributed by atoms with van der Waals surface area (Å²) in [6.07, 6.45) is 3.52. The number of rotatable bonds is 7. The molecule has 0 unspecified atom stereocenters. The molecular formula is C22H27FN4O4. The Hall–Kier alpha value is -3.36. The number of benzene rings is 1. The molecule has 1 aromatic carbocycles. The van der Waals surface area contributed by atoms with E-state index in [1.165, 1.54) is 15.8 Å². The normalized spacial score (nSPS) is 13.4. The molecular weight excluding hydrogens is 403 g/mol. The van der Waals surface area contributed by atoms with E-state index in [0.717, 1.165) is 12.8 Å². The Kier molecular flexibility index (Phi) is 6.62. The fourth-order valence-electron chi connectivity index (χ4n) is 3.56. The molecule has 1 aliphatic rings. The van der Waals surface area contributed by atoms with E-state index in [0.29, 0.717) is 24.1 Å². The molecule has 0 aliphatic carbocycles. The Morgan fingerprint density at radius 1 is 1.23 bits per heavy atom. The summed E-state index contributed by atoms with van der Waals surface area (Å²) in [6.45, 7) is 4.57. The summed E-state index contributed by atoms with van der Waals surface area (Å²) in [4.78, 5) is 39.3. The predicted octanol–water partition coefficient (Wildman–Crippen LogP) is 1.97. The highest BCUT2D eigenvalue weighted by molar-refractivity contribution is 5.99. The summed E-state index contributed by atoms with van der Waals surface area (Å²) < 4.78 is 15.8. The van der Waals surface area contributed by atoms with Crippen molar-refractivity contribution in [2.24, 2.45) is 0 Å². The van der Waals surface area contributed by atoms with Gasteiger partial charge in [0.15, 0.2) is 11.4 Å². The molecule has 0 bridgehead atoms. The van der Waals surface area contributed by atoms with Crippen molar-refractivity contribution in [3.8, 4) is 5.75 Å². The number of aryl methyl sites for hydroxylation is 1. The monoisotopic (exact) mass is 430 g/mol. The minimum absolute atomic E-state index is 0.109.